The molecule has 0 aliphatic rings. The molecule has 3 rings (SSSR count). The Balaban J connectivity index is 1.91. The van der Waals surface area contributed by atoms with Crippen molar-refractivity contribution in [3.05, 3.63) is 98.7 Å². The molecule has 0 aliphatic heterocycles. The standard InChI is InChI=1S/C22H14BrClFNO/c23-19-6-9-22(27-14-15-4-7-20(24)8-5-15)17(11-19)10-18(13-26)16-2-1-3-21(25)12-16/h1-12H,14H2/b18-10-. The first kappa shape index (κ1) is 19.2. The molecular weight excluding hydrogens is 429 g/mol. The van der Waals surface area contributed by atoms with Gasteiger partial charge in [-0.05, 0) is 59.7 Å². The van der Waals surface area contributed by atoms with Gasteiger partial charge in [0.2, 0.25) is 0 Å². The molecule has 0 saturated heterocycles. The molecule has 0 bridgehead atoms. The minimum absolute atomic E-state index is 0.351. The van der Waals surface area contributed by atoms with Crippen LogP contribution in [0.1, 0.15) is 16.7 Å². The molecule has 0 aliphatic carbocycles. The van der Waals surface area contributed by atoms with E-state index in [-0.39, 0.29) is 5.82 Å². The van der Waals surface area contributed by atoms with Crippen molar-refractivity contribution in [1.29, 1.82) is 5.26 Å². The first-order valence-corrected chi connectivity index (χ1v) is 9.27. The van der Waals surface area contributed by atoms with E-state index in [9.17, 15) is 9.65 Å². The molecule has 0 radical (unpaired) electrons. The molecule has 134 valence electrons. The normalized spacial score (nSPS) is 11.1. The summed E-state index contributed by atoms with van der Waals surface area (Å²) in [6.07, 6.45) is 1.69. The zero-order valence-electron chi connectivity index (χ0n) is 14.1. The zero-order chi connectivity index (χ0) is 19.2. The van der Waals surface area contributed by atoms with Crippen molar-refractivity contribution in [2.24, 2.45) is 0 Å². The molecular formula is C22H14BrClFNO. The fourth-order valence-corrected chi connectivity index (χ4v) is 3.00. The van der Waals surface area contributed by atoms with Crippen LogP contribution in [0.25, 0.3) is 11.6 Å². The Hall–Kier alpha value is -2.61. The SMILES string of the molecule is N#C/C(=C/c1cc(Br)ccc1OCc1ccc(Cl)cc1)c1cccc(F)c1. The lowest BCUT2D eigenvalue weighted by atomic mass is 10.0. The van der Waals surface area contributed by atoms with Gasteiger partial charge in [-0.3, -0.25) is 0 Å². The highest BCUT2D eigenvalue weighted by atomic mass is 79.9. The van der Waals surface area contributed by atoms with E-state index >= 15 is 0 Å². The average molecular weight is 443 g/mol. The predicted octanol–water partition coefficient (Wildman–Crippen LogP) is 6.88. The number of hydrogen-bond acceptors (Lipinski definition) is 2. The fourth-order valence-electron chi connectivity index (χ4n) is 2.50. The van der Waals surface area contributed by atoms with E-state index in [1.54, 1.807) is 30.3 Å². The maximum absolute atomic E-state index is 13.5. The van der Waals surface area contributed by atoms with Gasteiger partial charge in [0, 0.05) is 15.1 Å². The van der Waals surface area contributed by atoms with Gasteiger partial charge in [-0.2, -0.15) is 5.26 Å². The van der Waals surface area contributed by atoms with E-state index in [0.29, 0.717) is 28.5 Å². The summed E-state index contributed by atoms with van der Waals surface area (Å²) in [5.74, 6) is 0.236. The summed E-state index contributed by atoms with van der Waals surface area (Å²) >= 11 is 9.34. The van der Waals surface area contributed by atoms with Crippen molar-refractivity contribution in [3.63, 3.8) is 0 Å². The van der Waals surface area contributed by atoms with Crippen LogP contribution < -0.4 is 4.74 Å². The Morgan fingerprint density at radius 1 is 1.11 bits per heavy atom. The van der Waals surface area contributed by atoms with Crippen molar-refractivity contribution in [2.75, 3.05) is 0 Å². The molecule has 0 spiro atoms. The van der Waals surface area contributed by atoms with Gasteiger partial charge < -0.3 is 4.74 Å². The number of halogens is 3. The molecule has 27 heavy (non-hydrogen) atoms. The molecule has 0 saturated carbocycles. The summed E-state index contributed by atoms with van der Waals surface area (Å²) in [7, 11) is 0. The molecule has 3 aromatic carbocycles. The Labute approximate surface area is 170 Å². The first-order valence-electron chi connectivity index (χ1n) is 8.10. The van der Waals surface area contributed by atoms with Crippen LogP contribution in [0.4, 0.5) is 4.39 Å². The van der Waals surface area contributed by atoms with Crippen LogP contribution in [-0.2, 0) is 6.61 Å². The van der Waals surface area contributed by atoms with Gasteiger partial charge in [0.15, 0.2) is 0 Å². The van der Waals surface area contributed by atoms with E-state index in [2.05, 4.69) is 22.0 Å². The number of rotatable bonds is 5. The molecule has 0 unspecified atom stereocenters. The third-order valence-corrected chi connectivity index (χ3v) is 4.58. The Morgan fingerprint density at radius 3 is 2.59 bits per heavy atom. The minimum atomic E-state index is -0.387. The molecule has 2 nitrogen and oxygen atoms in total. The third-order valence-electron chi connectivity index (χ3n) is 3.84. The molecule has 0 aromatic heterocycles. The lowest BCUT2D eigenvalue weighted by Crippen LogP contribution is -1.97. The molecule has 0 N–H and O–H groups in total. The molecule has 0 heterocycles. The molecule has 0 fully saturated rings. The number of hydrogen-bond donors (Lipinski definition) is 0. The highest BCUT2D eigenvalue weighted by Crippen LogP contribution is 2.29. The second-order valence-electron chi connectivity index (χ2n) is 5.78. The van der Waals surface area contributed by atoms with Crippen molar-refractivity contribution in [3.8, 4) is 11.8 Å². The number of benzene rings is 3. The number of nitrogens with zero attached hydrogens (tertiary/aromatic N) is 1. The van der Waals surface area contributed by atoms with Crippen molar-refractivity contribution in [2.45, 2.75) is 6.61 Å². The van der Waals surface area contributed by atoms with Gasteiger partial charge in [-0.15, -0.1) is 0 Å². The highest BCUT2D eigenvalue weighted by Gasteiger charge is 2.08. The van der Waals surface area contributed by atoms with Crippen LogP contribution in [-0.4, -0.2) is 0 Å². The van der Waals surface area contributed by atoms with E-state index < -0.39 is 0 Å². The first-order chi connectivity index (χ1) is 13.0. The lowest BCUT2D eigenvalue weighted by Gasteiger charge is -2.11. The molecule has 3 aromatic rings. The summed E-state index contributed by atoms with van der Waals surface area (Å²) in [6.45, 7) is 0.363. The van der Waals surface area contributed by atoms with E-state index in [4.69, 9.17) is 16.3 Å². The minimum Gasteiger partial charge on any atom is -0.488 e. The lowest BCUT2D eigenvalue weighted by molar-refractivity contribution is 0.305. The second-order valence-corrected chi connectivity index (χ2v) is 7.13. The molecule has 0 amide bonds. The van der Waals surface area contributed by atoms with Crippen LogP contribution in [0.3, 0.4) is 0 Å². The van der Waals surface area contributed by atoms with Crippen molar-refractivity contribution >= 4 is 39.2 Å². The van der Waals surface area contributed by atoms with Crippen molar-refractivity contribution < 1.29 is 9.13 Å². The number of nitriles is 1. The predicted molar refractivity (Wildman–Crippen MR) is 110 cm³/mol. The zero-order valence-corrected chi connectivity index (χ0v) is 16.5. The van der Waals surface area contributed by atoms with E-state index in [0.717, 1.165) is 15.6 Å². The van der Waals surface area contributed by atoms with Gasteiger partial charge in [0.05, 0.1) is 11.6 Å². The summed E-state index contributed by atoms with van der Waals surface area (Å²) < 4.78 is 20.3. The summed E-state index contributed by atoms with van der Waals surface area (Å²) in [4.78, 5) is 0. The topological polar surface area (TPSA) is 33.0 Å². The van der Waals surface area contributed by atoms with Crippen LogP contribution in [0, 0.1) is 17.1 Å². The Morgan fingerprint density at radius 2 is 1.89 bits per heavy atom. The summed E-state index contributed by atoms with van der Waals surface area (Å²) in [5, 5.41) is 10.2. The highest BCUT2D eigenvalue weighted by molar-refractivity contribution is 9.10. The summed E-state index contributed by atoms with van der Waals surface area (Å²) in [6, 6.07) is 21.0. The monoisotopic (exact) mass is 441 g/mol. The van der Waals surface area contributed by atoms with E-state index in [1.165, 1.54) is 12.1 Å². The van der Waals surface area contributed by atoms with Crippen LogP contribution in [0.5, 0.6) is 5.75 Å². The molecule has 0 atom stereocenters. The van der Waals surface area contributed by atoms with Gasteiger partial charge in [-0.1, -0.05) is 51.8 Å². The van der Waals surface area contributed by atoms with E-state index in [1.807, 2.05) is 30.3 Å². The Kier molecular flexibility index (Phi) is 6.28. The molecule has 5 heteroatoms. The number of ether oxygens (including phenoxy) is 1. The smallest absolute Gasteiger partial charge is 0.127 e. The maximum Gasteiger partial charge on any atom is 0.127 e. The maximum atomic E-state index is 13.5. The summed E-state index contributed by atoms with van der Waals surface area (Å²) in [5.41, 5.74) is 2.56. The number of allylic oxidation sites excluding steroid dienone is 1. The largest absolute Gasteiger partial charge is 0.488 e. The Bertz CT molecular complexity index is 1030. The second kappa shape index (κ2) is 8.85. The van der Waals surface area contributed by atoms with Crippen LogP contribution in [0.2, 0.25) is 5.02 Å². The average Bonchev–Trinajstić information content (AvgIpc) is 2.66. The van der Waals surface area contributed by atoms with Crippen LogP contribution in [0.15, 0.2) is 71.2 Å². The quantitative estimate of drug-likeness (QED) is 0.318. The van der Waals surface area contributed by atoms with Gasteiger partial charge in [-0.25, -0.2) is 4.39 Å². The van der Waals surface area contributed by atoms with Gasteiger partial charge in [0.1, 0.15) is 18.2 Å². The third kappa shape index (κ3) is 5.19. The van der Waals surface area contributed by atoms with Gasteiger partial charge in [0.25, 0.3) is 0 Å². The van der Waals surface area contributed by atoms with Gasteiger partial charge >= 0.3 is 0 Å². The fraction of sp³-hybridized carbons (Fsp3) is 0.0455. The van der Waals surface area contributed by atoms with Crippen LogP contribution >= 0.6 is 27.5 Å². The van der Waals surface area contributed by atoms with Crippen molar-refractivity contribution in [1.82, 2.24) is 0 Å².